The van der Waals surface area contributed by atoms with Gasteiger partial charge in [-0.3, -0.25) is 4.99 Å². The average molecular weight is 498 g/mol. The number of halogens is 3. The van der Waals surface area contributed by atoms with Crippen LogP contribution in [0, 0.1) is 0 Å². The second-order valence-electron chi connectivity index (χ2n) is 6.50. The number of nitrogens with zero attached hydrogens (tertiary/aromatic N) is 2. The highest BCUT2D eigenvalue weighted by molar-refractivity contribution is 14.0. The molecule has 1 saturated heterocycles. The minimum Gasteiger partial charge on any atom is -0.434 e. The molecule has 1 aliphatic rings. The van der Waals surface area contributed by atoms with Crippen LogP contribution in [-0.4, -0.2) is 63.9 Å². The Morgan fingerprint density at radius 2 is 1.93 bits per heavy atom. The van der Waals surface area contributed by atoms with Crippen molar-refractivity contribution < 1.29 is 18.3 Å². The highest BCUT2D eigenvalue weighted by Crippen LogP contribution is 2.25. The van der Waals surface area contributed by atoms with Crippen LogP contribution in [0.25, 0.3) is 0 Å². The van der Waals surface area contributed by atoms with Gasteiger partial charge >= 0.3 is 6.61 Å². The molecule has 1 heterocycles. The van der Waals surface area contributed by atoms with E-state index in [0.29, 0.717) is 18.1 Å². The Balaban J connectivity index is 0.00000364. The summed E-state index contributed by atoms with van der Waals surface area (Å²) >= 11 is 0. The van der Waals surface area contributed by atoms with Gasteiger partial charge in [0, 0.05) is 44.5 Å². The summed E-state index contributed by atoms with van der Waals surface area (Å²) in [7, 11) is 5.82. The van der Waals surface area contributed by atoms with Gasteiger partial charge in [0.1, 0.15) is 5.75 Å². The van der Waals surface area contributed by atoms with E-state index in [9.17, 15) is 8.78 Å². The van der Waals surface area contributed by atoms with Crippen LogP contribution in [-0.2, 0) is 11.3 Å². The molecule has 6 nitrogen and oxygen atoms in total. The number of para-hydroxylation sites is 1. The molecule has 2 N–H and O–H groups in total. The van der Waals surface area contributed by atoms with Gasteiger partial charge in [-0.1, -0.05) is 18.2 Å². The summed E-state index contributed by atoms with van der Waals surface area (Å²) in [6.07, 6.45) is 1.88. The van der Waals surface area contributed by atoms with Gasteiger partial charge in [0.15, 0.2) is 5.96 Å². The van der Waals surface area contributed by atoms with Gasteiger partial charge in [0.05, 0.1) is 0 Å². The van der Waals surface area contributed by atoms with Crippen LogP contribution in [0.3, 0.4) is 0 Å². The summed E-state index contributed by atoms with van der Waals surface area (Å²) < 4.78 is 35.1. The third kappa shape index (κ3) is 7.04. The standard InChI is InChI=1S/C18H28F2N4O2.HI/c1-21-17(23-13-18(24(2)3)8-10-25-11-9-18)22-12-14-6-4-5-7-15(14)26-16(19)20;/h4-7,16H,8-13H2,1-3H3,(H2,21,22,23);1H. The Morgan fingerprint density at radius 1 is 1.26 bits per heavy atom. The first-order valence-electron chi connectivity index (χ1n) is 8.69. The topological polar surface area (TPSA) is 58.1 Å². The van der Waals surface area contributed by atoms with Crippen LogP contribution >= 0.6 is 24.0 Å². The van der Waals surface area contributed by atoms with E-state index in [0.717, 1.165) is 32.6 Å². The normalized spacial score (nSPS) is 16.8. The lowest BCUT2D eigenvalue weighted by molar-refractivity contribution is -0.0504. The predicted molar refractivity (Wildman–Crippen MR) is 113 cm³/mol. The molecule has 0 spiro atoms. The molecule has 27 heavy (non-hydrogen) atoms. The minimum absolute atomic E-state index is 0. The first-order chi connectivity index (χ1) is 12.5. The highest BCUT2D eigenvalue weighted by Gasteiger charge is 2.34. The fourth-order valence-corrected chi connectivity index (χ4v) is 3.04. The fraction of sp³-hybridized carbons (Fsp3) is 0.611. The van der Waals surface area contributed by atoms with E-state index in [4.69, 9.17) is 4.74 Å². The number of nitrogens with one attached hydrogen (secondary N) is 2. The number of alkyl halides is 2. The second-order valence-corrected chi connectivity index (χ2v) is 6.50. The monoisotopic (exact) mass is 498 g/mol. The Morgan fingerprint density at radius 3 is 2.52 bits per heavy atom. The smallest absolute Gasteiger partial charge is 0.387 e. The summed E-state index contributed by atoms with van der Waals surface area (Å²) in [5.41, 5.74) is 0.649. The van der Waals surface area contributed by atoms with Gasteiger partial charge in [-0.2, -0.15) is 8.78 Å². The summed E-state index contributed by atoms with van der Waals surface area (Å²) in [5, 5.41) is 6.50. The van der Waals surface area contributed by atoms with Gasteiger partial charge < -0.3 is 25.0 Å². The van der Waals surface area contributed by atoms with Crippen molar-refractivity contribution in [2.45, 2.75) is 31.5 Å². The van der Waals surface area contributed by atoms with E-state index in [1.807, 2.05) is 0 Å². The predicted octanol–water partition coefficient (Wildman–Crippen LogP) is 2.68. The van der Waals surface area contributed by atoms with Gasteiger partial charge in [-0.15, -0.1) is 24.0 Å². The fourth-order valence-electron chi connectivity index (χ4n) is 3.04. The lowest BCUT2D eigenvalue weighted by Gasteiger charge is -2.43. The number of guanidine groups is 1. The van der Waals surface area contributed by atoms with Crippen LogP contribution in [0.2, 0.25) is 0 Å². The number of hydrogen-bond acceptors (Lipinski definition) is 4. The molecule has 1 aliphatic heterocycles. The molecule has 1 aromatic rings. The average Bonchev–Trinajstić information content (AvgIpc) is 2.63. The maximum atomic E-state index is 12.5. The summed E-state index contributed by atoms with van der Waals surface area (Å²) in [5.74, 6) is 0.782. The molecule has 0 aromatic heterocycles. The molecular weight excluding hydrogens is 469 g/mol. The van der Waals surface area contributed by atoms with E-state index in [-0.39, 0.29) is 35.3 Å². The molecule has 0 radical (unpaired) electrons. The summed E-state index contributed by atoms with van der Waals surface area (Å²) in [6.45, 7) is -0.310. The molecule has 1 fully saturated rings. The molecule has 2 rings (SSSR count). The Bertz CT molecular complexity index is 596. The van der Waals surface area contributed by atoms with Crippen molar-refractivity contribution in [3.05, 3.63) is 29.8 Å². The zero-order chi connectivity index (χ0) is 19.0. The molecule has 0 unspecified atom stereocenters. The molecular formula is C18H29F2IN4O2. The first kappa shape index (κ1) is 23.8. The van der Waals surface area contributed by atoms with E-state index in [1.54, 1.807) is 25.2 Å². The SMILES string of the molecule is CN=C(NCc1ccccc1OC(F)F)NCC1(N(C)C)CCOCC1.I. The van der Waals surface area contributed by atoms with Crippen LogP contribution in [0.1, 0.15) is 18.4 Å². The molecule has 0 amide bonds. The third-order valence-electron chi connectivity index (χ3n) is 4.82. The molecule has 1 aromatic carbocycles. The number of ether oxygens (including phenoxy) is 2. The Hall–Kier alpha value is -1.20. The number of aliphatic imine (C=N–C) groups is 1. The maximum Gasteiger partial charge on any atom is 0.387 e. The maximum absolute atomic E-state index is 12.5. The number of likely N-dealkylation sites (N-methyl/N-ethyl adjacent to an activating group) is 1. The lowest BCUT2D eigenvalue weighted by atomic mass is 9.88. The van der Waals surface area contributed by atoms with Crippen LogP contribution in [0.5, 0.6) is 5.75 Å². The van der Waals surface area contributed by atoms with E-state index in [2.05, 4.69) is 39.4 Å². The minimum atomic E-state index is -2.85. The van der Waals surface area contributed by atoms with Gasteiger partial charge in [0.25, 0.3) is 0 Å². The molecule has 154 valence electrons. The zero-order valence-corrected chi connectivity index (χ0v) is 18.3. The van der Waals surface area contributed by atoms with Crippen LogP contribution in [0.15, 0.2) is 29.3 Å². The van der Waals surface area contributed by atoms with Crippen molar-refractivity contribution in [3.63, 3.8) is 0 Å². The Kier molecular flexibility index (Phi) is 10.2. The van der Waals surface area contributed by atoms with Crippen molar-refractivity contribution in [2.75, 3.05) is 40.9 Å². The van der Waals surface area contributed by atoms with Crippen LogP contribution in [0.4, 0.5) is 8.78 Å². The summed E-state index contributed by atoms with van der Waals surface area (Å²) in [4.78, 5) is 6.45. The second kappa shape index (κ2) is 11.6. The number of rotatable bonds is 7. The molecule has 0 atom stereocenters. The molecule has 0 bridgehead atoms. The number of hydrogen-bond donors (Lipinski definition) is 2. The first-order valence-corrected chi connectivity index (χ1v) is 8.69. The number of benzene rings is 1. The largest absolute Gasteiger partial charge is 0.434 e. The quantitative estimate of drug-likeness (QED) is 0.344. The lowest BCUT2D eigenvalue weighted by Crippen LogP contribution is -2.57. The van der Waals surface area contributed by atoms with Gasteiger partial charge in [-0.25, -0.2) is 0 Å². The molecule has 9 heteroatoms. The van der Waals surface area contributed by atoms with E-state index >= 15 is 0 Å². The zero-order valence-electron chi connectivity index (χ0n) is 16.0. The van der Waals surface area contributed by atoms with E-state index in [1.165, 1.54) is 6.07 Å². The van der Waals surface area contributed by atoms with Crippen LogP contribution < -0.4 is 15.4 Å². The highest BCUT2D eigenvalue weighted by atomic mass is 127. The van der Waals surface area contributed by atoms with E-state index < -0.39 is 6.61 Å². The summed E-state index contributed by atoms with van der Waals surface area (Å²) in [6, 6.07) is 6.73. The van der Waals surface area contributed by atoms with Gasteiger partial charge in [0.2, 0.25) is 0 Å². The molecule has 0 aliphatic carbocycles. The van der Waals surface area contributed by atoms with Crippen molar-refractivity contribution in [1.82, 2.24) is 15.5 Å². The van der Waals surface area contributed by atoms with Crippen molar-refractivity contribution in [1.29, 1.82) is 0 Å². The van der Waals surface area contributed by atoms with Crippen molar-refractivity contribution in [2.24, 2.45) is 4.99 Å². The van der Waals surface area contributed by atoms with Gasteiger partial charge in [-0.05, 0) is 33.0 Å². The Labute approximate surface area is 176 Å². The van der Waals surface area contributed by atoms with Crippen molar-refractivity contribution in [3.8, 4) is 5.75 Å². The third-order valence-corrected chi connectivity index (χ3v) is 4.82. The van der Waals surface area contributed by atoms with Crippen molar-refractivity contribution >= 4 is 29.9 Å². The molecule has 0 saturated carbocycles.